The molecule has 1 heterocycles. The third-order valence-corrected chi connectivity index (χ3v) is 4.24. The molecule has 2 nitrogen and oxygen atoms in total. The standard InChI is InChI=1S/C11H20N2S/c1-7-11(5,6)9-13-12-8(14-9)10(2,3)4/h7H2,1-6H3. The van der Waals surface area contributed by atoms with E-state index in [1.807, 2.05) is 0 Å². The first-order valence-electron chi connectivity index (χ1n) is 5.12. The van der Waals surface area contributed by atoms with Crippen LogP contribution in [0.15, 0.2) is 0 Å². The van der Waals surface area contributed by atoms with Crippen LogP contribution in [0.1, 0.15) is 58.0 Å². The second-order valence-corrected chi connectivity index (χ2v) is 6.38. The van der Waals surface area contributed by atoms with Gasteiger partial charge in [-0.05, 0) is 6.42 Å². The molecule has 0 saturated heterocycles. The number of hydrogen-bond acceptors (Lipinski definition) is 3. The van der Waals surface area contributed by atoms with Gasteiger partial charge in [-0.25, -0.2) is 0 Å². The molecule has 1 aromatic rings. The second-order valence-electron chi connectivity index (χ2n) is 5.40. The first-order chi connectivity index (χ1) is 6.27. The Bertz CT molecular complexity index is 307. The van der Waals surface area contributed by atoms with Gasteiger partial charge in [-0.15, -0.1) is 21.5 Å². The molecule has 0 radical (unpaired) electrons. The lowest BCUT2D eigenvalue weighted by atomic mass is 9.91. The zero-order valence-corrected chi connectivity index (χ0v) is 10.8. The van der Waals surface area contributed by atoms with Crippen LogP contribution in [0.25, 0.3) is 0 Å². The maximum atomic E-state index is 4.29. The Kier molecular flexibility index (Phi) is 3.00. The lowest BCUT2D eigenvalue weighted by molar-refractivity contribution is 0.497. The van der Waals surface area contributed by atoms with E-state index in [0.29, 0.717) is 0 Å². The molecule has 0 saturated carbocycles. The Morgan fingerprint density at radius 3 is 1.86 bits per heavy atom. The molecule has 0 aliphatic carbocycles. The van der Waals surface area contributed by atoms with Crippen LogP contribution in [0.3, 0.4) is 0 Å². The van der Waals surface area contributed by atoms with E-state index in [2.05, 4.69) is 51.7 Å². The Hall–Kier alpha value is -0.440. The van der Waals surface area contributed by atoms with Gasteiger partial charge in [-0.3, -0.25) is 0 Å². The highest BCUT2D eigenvalue weighted by molar-refractivity contribution is 7.11. The summed E-state index contributed by atoms with van der Waals surface area (Å²) in [7, 11) is 0. The normalized spacial score (nSPS) is 13.3. The fraction of sp³-hybridized carbons (Fsp3) is 0.818. The van der Waals surface area contributed by atoms with Gasteiger partial charge in [-0.2, -0.15) is 0 Å². The minimum Gasteiger partial charge on any atom is -0.143 e. The van der Waals surface area contributed by atoms with Crippen molar-refractivity contribution in [3.8, 4) is 0 Å². The van der Waals surface area contributed by atoms with Crippen molar-refractivity contribution in [2.24, 2.45) is 0 Å². The summed E-state index contributed by atoms with van der Waals surface area (Å²) in [5.41, 5.74) is 0.293. The molecular formula is C11H20N2S. The van der Waals surface area contributed by atoms with Crippen molar-refractivity contribution < 1.29 is 0 Å². The molecule has 0 aliphatic rings. The molecule has 1 rings (SSSR count). The second kappa shape index (κ2) is 3.61. The first-order valence-corrected chi connectivity index (χ1v) is 5.93. The highest BCUT2D eigenvalue weighted by Gasteiger charge is 2.26. The van der Waals surface area contributed by atoms with Gasteiger partial charge in [0, 0.05) is 10.8 Å². The molecular weight excluding hydrogens is 192 g/mol. The number of aromatic nitrogens is 2. The Morgan fingerprint density at radius 2 is 1.50 bits per heavy atom. The predicted octanol–water partition coefficient (Wildman–Crippen LogP) is 3.52. The lowest BCUT2D eigenvalue weighted by Crippen LogP contribution is -2.14. The lowest BCUT2D eigenvalue weighted by Gasteiger charge is -2.18. The zero-order valence-electron chi connectivity index (χ0n) is 10.0. The molecule has 0 bridgehead atoms. The third kappa shape index (κ3) is 2.32. The van der Waals surface area contributed by atoms with E-state index in [1.54, 1.807) is 11.3 Å². The van der Waals surface area contributed by atoms with E-state index in [0.717, 1.165) is 16.4 Å². The predicted molar refractivity (Wildman–Crippen MR) is 61.9 cm³/mol. The molecule has 14 heavy (non-hydrogen) atoms. The molecule has 0 aliphatic heterocycles. The number of nitrogens with zero attached hydrogens (tertiary/aromatic N) is 2. The molecule has 3 heteroatoms. The van der Waals surface area contributed by atoms with E-state index < -0.39 is 0 Å². The third-order valence-electron chi connectivity index (χ3n) is 2.53. The Morgan fingerprint density at radius 1 is 1.00 bits per heavy atom. The van der Waals surface area contributed by atoms with Gasteiger partial charge >= 0.3 is 0 Å². The quantitative estimate of drug-likeness (QED) is 0.749. The van der Waals surface area contributed by atoms with Crippen LogP contribution in [0.2, 0.25) is 0 Å². The van der Waals surface area contributed by atoms with Gasteiger partial charge in [0.15, 0.2) is 0 Å². The van der Waals surface area contributed by atoms with E-state index in [9.17, 15) is 0 Å². The van der Waals surface area contributed by atoms with Gasteiger partial charge in [0.2, 0.25) is 0 Å². The molecule has 0 aromatic carbocycles. The average molecular weight is 212 g/mol. The van der Waals surface area contributed by atoms with Crippen LogP contribution in [0, 0.1) is 0 Å². The maximum Gasteiger partial charge on any atom is 0.123 e. The molecule has 0 fully saturated rings. The molecule has 1 aromatic heterocycles. The van der Waals surface area contributed by atoms with Crippen LogP contribution in [0.4, 0.5) is 0 Å². The highest BCUT2D eigenvalue weighted by Crippen LogP contribution is 2.33. The van der Waals surface area contributed by atoms with Crippen LogP contribution < -0.4 is 0 Å². The molecule has 0 amide bonds. The fourth-order valence-electron chi connectivity index (χ4n) is 0.951. The molecule has 0 atom stereocenters. The molecule has 0 unspecified atom stereocenters. The summed E-state index contributed by atoms with van der Waals surface area (Å²) in [5.74, 6) is 0. The summed E-state index contributed by atoms with van der Waals surface area (Å²) >= 11 is 1.75. The van der Waals surface area contributed by atoms with Crippen LogP contribution in [-0.2, 0) is 10.8 Å². The maximum absolute atomic E-state index is 4.29. The van der Waals surface area contributed by atoms with Gasteiger partial charge in [0.25, 0.3) is 0 Å². The van der Waals surface area contributed by atoms with E-state index >= 15 is 0 Å². The van der Waals surface area contributed by atoms with Crippen molar-refractivity contribution >= 4 is 11.3 Å². The average Bonchev–Trinajstić information content (AvgIpc) is 2.51. The van der Waals surface area contributed by atoms with Crippen LogP contribution in [0.5, 0.6) is 0 Å². The Balaban J connectivity index is 3.00. The van der Waals surface area contributed by atoms with E-state index in [1.165, 1.54) is 0 Å². The van der Waals surface area contributed by atoms with Crippen LogP contribution >= 0.6 is 11.3 Å². The molecule has 0 spiro atoms. The molecule has 80 valence electrons. The number of hydrogen-bond donors (Lipinski definition) is 0. The highest BCUT2D eigenvalue weighted by atomic mass is 32.1. The van der Waals surface area contributed by atoms with Gasteiger partial charge < -0.3 is 0 Å². The SMILES string of the molecule is CCC(C)(C)c1nnc(C(C)(C)C)s1. The van der Waals surface area contributed by atoms with Crippen molar-refractivity contribution in [3.05, 3.63) is 10.0 Å². The number of rotatable bonds is 2. The van der Waals surface area contributed by atoms with Crippen molar-refractivity contribution in [3.63, 3.8) is 0 Å². The van der Waals surface area contributed by atoms with Crippen molar-refractivity contribution in [1.82, 2.24) is 10.2 Å². The van der Waals surface area contributed by atoms with Crippen molar-refractivity contribution in [2.45, 2.75) is 58.8 Å². The van der Waals surface area contributed by atoms with Gasteiger partial charge in [-0.1, -0.05) is 41.5 Å². The van der Waals surface area contributed by atoms with Crippen molar-refractivity contribution in [1.29, 1.82) is 0 Å². The largest absolute Gasteiger partial charge is 0.143 e. The minimum atomic E-state index is 0.125. The topological polar surface area (TPSA) is 25.8 Å². The summed E-state index contributed by atoms with van der Waals surface area (Å²) in [6.45, 7) is 13.2. The first kappa shape index (κ1) is 11.6. The van der Waals surface area contributed by atoms with Gasteiger partial charge in [0.1, 0.15) is 10.0 Å². The monoisotopic (exact) mass is 212 g/mol. The zero-order chi connectivity index (χ0) is 11.0. The molecule has 0 N–H and O–H groups in total. The summed E-state index contributed by atoms with van der Waals surface area (Å²) in [6, 6.07) is 0. The Labute approximate surface area is 90.8 Å². The fourth-order valence-corrected chi connectivity index (χ4v) is 2.02. The smallest absolute Gasteiger partial charge is 0.123 e. The van der Waals surface area contributed by atoms with E-state index in [-0.39, 0.29) is 10.8 Å². The summed E-state index contributed by atoms with van der Waals surface area (Å²) in [4.78, 5) is 0. The van der Waals surface area contributed by atoms with Gasteiger partial charge in [0.05, 0.1) is 0 Å². The summed E-state index contributed by atoms with van der Waals surface area (Å²) in [5, 5.41) is 10.9. The summed E-state index contributed by atoms with van der Waals surface area (Å²) in [6.07, 6.45) is 1.10. The minimum absolute atomic E-state index is 0.125. The van der Waals surface area contributed by atoms with Crippen molar-refractivity contribution in [2.75, 3.05) is 0 Å². The van der Waals surface area contributed by atoms with E-state index in [4.69, 9.17) is 0 Å². The van der Waals surface area contributed by atoms with Crippen LogP contribution in [-0.4, -0.2) is 10.2 Å². The summed E-state index contributed by atoms with van der Waals surface area (Å²) < 4.78 is 0.